The van der Waals surface area contributed by atoms with Crippen LogP contribution in [0.25, 0.3) is 0 Å². The summed E-state index contributed by atoms with van der Waals surface area (Å²) in [4.78, 5) is 99.2. The average molecular weight is 1110 g/mol. The lowest BCUT2D eigenvalue weighted by Gasteiger charge is -2.45. The lowest BCUT2D eigenvalue weighted by Crippen LogP contribution is -2.64. The van der Waals surface area contributed by atoms with Gasteiger partial charge in [0.15, 0.2) is 30.7 Å². The van der Waals surface area contributed by atoms with Gasteiger partial charge in [-0.15, -0.1) is 6.58 Å². The molecule has 18 heteroatoms. The van der Waals surface area contributed by atoms with Crippen LogP contribution in [0.5, 0.6) is 0 Å². The van der Waals surface area contributed by atoms with Crippen molar-refractivity contribution in [3.63, 3.8) is 0 Å². The van der Waals surface area contributed by atoms with Gasteiger partial charge in [0, 0.05) is 0 Å². The van der Waals surface area contributed by atoms with Gasteiger partial charge < -0.3 is 52.1 Å². The largest absolute Gasteiger partial charge is 0.459 e. The number of esters is 7. The molecule has 9 rings (SSSR count). The number of carbonyl (C=O) groups excluding carboxylic acids is 7. The molecule has 0 aromatic heterocycles. The number of ether oxygens (including phenoxy) is 11. The van der Waals surface area contributed by atoms with Crippen molar-refractivity contribution in [2.75, 3.05) is 26.4 Å². The Labute approximate surface area is 470 Å². The highest BCUT2D eigenvalue weighted by atomic mass is 16.8. The average Bonchev–Trinajstić information content (AvgIpc) is 3.64. The van der Waals surface area contributed by atoms with Gasteiger partial charge in [-0.3, -0.25) is 0 Å². The van der Waals surface area contributed by atoms with E-state index in [4.69, 9.17) is 52.1 Å². The second-order valence-corrected chi connectivity index (χ2v) is 18.5. The van der Waals surface area contributed by atoms with Crippen LogP contribution in [0.1, 0.15) is 72.5 Å². The zero-order valence-corrected chi connectivity index (χ0v) is 43.8. The summed E-state index contributed by atoms with van der Waals surface area (Å²) >= 11 is 0. The van der Waals surface area contributed by atoms with E-state index in [0.29, 0.717) is 0 Å². The number of benzene rings is 7. The topological polar surface area (TPSA) is 221 Å². The van der Waals surface area contributed by atoms with Crippen molar-refractivity contribution in [3.8, 4) is 0 Å². The van der Waals surface area contributed by atoms with Crippen molar-refractivity contribution in [2.45, 2.75) is 54.8 Å². The summed E-state index contributed by atoms with van der Waals surface area (Å²) in [5, 5.41) is 0. The predicted molar refractivity (Wildman–Crippen MR) is 290 cm³/mol. The van der Waals surface area contributed by atoms with Gasteiger partial charge in [-0.25, -0.2) is 33.6 Å². The van der Waals surface area contributed by atoms with E-state index < -0.39 is 116 Å². The first-order valence-corrected chi connectivity index (χ1v) is 25.9. The molecule has 2 aliphatic rings. The fraction of sp³-hybridized carbons (Fsp3) is 0.203. The fourth-order valence-corrected chi connectivity index (χ4v) is 8.94. The highest BCUT2D eigenvalue weighted by Gasteiger charge is 2.63. The van der Waals surface area contributed by atoms with E-state index in [2.05, 4.69) is 6.58 Å². The van der Waals surface area contributed by atoms with Crippen molar-refractivity contribution in [2.24, 2.45) is 0 Å². The van der Waals surface area contributed by atoms with Crippen molar-refractivity contribution in [3.05, 3.63) is 264 Å². The molecule has 0 radical (unpaired) electrons. The van der Waals surface area contributed by atoms with E-state index in [1.54, 1.807) is 127 Å². The Morgan fingerprint density at radius 3 is 1.11 bits per heavy atom. The van der Waals surface area contributed by atoms with Gasteiger partial charge in [-0.1, -0.05) is 133 Å². The van der Waals surface area contributed by atoms with Crippen LogP contribution in [0.15, 0.2) is 225 Å². The Morgan fingerprint density at radius 2 is 0.720 bits per heavy atom. The minimum Gasteiger partial charge on any atom is -0.459 e. The summed E-state index contributed by atoms with van der Waals surface area (Å²) in [7, 11) is 0. The molecule has 18 nitrogen and oxygen atoms in total. The van der Waals surface area contributed by atoms with Crippen LogP contribution in [0.2, 0.25) is 0 Å². The molecule has 82 heavy (non-hydrogen) atoms. The molecule has 0 unspecified atom stereocenters. The minimum absolute atomic E-state index is 0.00720. The van der Waals surface area contributed by atoms with E-state index >= 15 is 0 Å². The van der Waals surface area contributed by atoms with E-state index in [1.165, 1.54) is 91.0 Å². The van der Waals surface area contributed by atoms with Crippen LogP contribution in [0, 0.1) is 0 Å². The van der Waals surface area contributed by atoms with Gasteiger partial charge in [0.1, 0.15) is 38.1 Å². The Bertz CT molecular complexity index is 3280. The highest BCUT2D eigenvalue weighted by molar-refractivity contribution is 5.93. The van der Waals surface area contributed by atoms with E-state index in [0.717, 1.165) is 0 Å². The lowest BCUT2D eigenvalue weighted by molar-refractivity contribution is -0.316. The smallest absolute Gasteiger partial charge is 0.338 e. The molecule has 0 spiro atoms. The third kappa shape index (κ3) is 14.2. The summed E-state index contributed by atoms with van der Waals surface area (Å²) in [6, 6.07) is 55.0. The van der Waals surface area contributed by atoms with Gasteiger partial charge in [0.25, 0.3) is 0 Å². The van der Waals surface area contributed by atoms with E-state index in [9.17, 15) is 33.6 Å². The molecule has 0 N–H and O–H groups in total. The van der Waals surface area contributed by atoms with Gasteiger partial charge >= 0.3 is 41.8 Å². The minimum atomic E-state index is -2.35. The highest BCUT2D eigenvalue weighted by Crippen LogP contribution is 2.41. The van der Waals surface area contributed by atoms with Gasteiger partial charge in [0.2, 0.25) is 5.79 Å². The van der Waals surface area contributed by atoms with Crippen molar-refractivity contribution < 1.29 is 85.7 Å². The number of hydrogen-bond acceptors (Lipinski definition) is 18. The molecule has 2 aliphatic heterocycles. The third-order valence-electron chi connectivity index (χ3n) is 13.0. The summed E-state index contributed by atoms with van der Waals surface area (Å²) in [6.07, 6.45) is -13.2. The van der Waals surface area contributed by atoms with Crippen LogP contribution in [0.3, 0.4) is 0 Å². The molecule has 0 amide bonds. The van der Waals surface area contributed by atoms with Crippen LogP contribution < -0.4 is 0 Å². The Kier molecular flexibility index (Phi) is 19.2. The molecule has 9 atom stereocenters. The zero-order chi connectivity index (χ0) is 57.3. The maximum atomic E-state index is 14.6. The summed E-state index contributed by atoms with van der Waals surface area (Å²) in [6.45, 7) is 1.24. The number of hydrogen-bond donors (Lipinski definition) is 0. The monoisotopic (exact) mass is 1110 g/mol. The van der Waals surface area contributed by atoms with E-state index in [1.807, 2.05) is 0 Å². The zero-order valence-electron chi connectivity index (χ0n) is 43.8. The van der Waals surface area contributed by atoms with Crippen LogP contribution in [0.4, 0.5) is 0 Å². The van der Waals surface area contributed by atoms with Gasteiger partial charge in [-0.05, 0) is 84.9 Å². The fourth-order valence-electron chi connectivity index (χ4n) is 8.94. The summed E-state index contributed by atoms with van der Waals surface area (Å²) < 4.78 is 69.7. The number of rotatable bonds is 22. The molecule has 7 aromatic carbocycles. The van der Waals surface area contributed by atoms with Crippen LogP contribution in [-0.2, 0) is 52.1 Å². The van der Waals surface area contributed by atoms with E-state index in [-0.39, 0.29) is 45.6 Å². The molecule has 0 bridgehead atoms. The lowest BCUT2D eigenvalue weighted by atomic mass is 9.97. The van der Waals surface area contributed by atoms with Crippen molar-refractivity contribution in [1.82, 2.24) is 0 Å². The predicted octanol–water partition coefficient (Wildman–Crippen LogP) is 8.87. The van der Waals surface area contributed by atoms with Crippen LogP contribution in [-0.4, -0.2) is 123 Å². The quantitative estimate of drug-likeness (QED) is 0.0351. The van der Waals surface area contributed by atoms with Gasteiger partial charge in [-0.2, -0.15) is 0 Å². The third-order valence-corrected chi connectivity index (χ3v) is 13.0. The number of carbonyl (C=O) groups is 7. The molecule has 7 aromatic rings. The standard InChI is InChI=1S/C64H54O18/c1-2-38-75-64(41-74-58(67)44-28-14-5-15-29-44)55(81-62(71)48-36-22-9-23-37-48)52(50(82-64)40-73-57(66)43-26-12-4-13-27-43)80-63-54(79-61(70)47-34-20-8-21-35-47)53(78-60(69)46-32-18-7-19-33-46)51(77-59(68)45-30-16-6-17-31-45)49(76-63)39-72-56(65)42-24-10-3-11-25-42/h2-37,49-55,63H,1,38-41H2/t49-,50-,51+,52-,53+,54-,55+,63+,64+/m1/s1. The molecule has 0 saturated carbocycles. The molecule has 2 fully saturated rings. The molecular formula is C64H54O18. The first-order valence-electron chi connectivity index (χ1n) is 25.9. The Hall–Kier alpha value is -9.59. The SMILES string of the molecule is C=CCO[C@@]1(COC(=O)c2ccccc2)O[C@H](COC(=O)c2ccccc2)[C@@H](O[C@@H]2O[C@H](COC(=O)c3ccccc3)[C@H](OC(=O)c3ccccc3)[C@H](OC(=O)c3ccccc3)[C@H]2OC(=O)c2ccccc2)[C@@H]1OC(=O)c1ccccc1. The summed E-state index contributed by atoms with van der Waals surface area (Å²) in [5.74, 6) is -8.76. The second-order valence-electron chi connectivity index (χ2n) is 18.5. The Morgan fingerprint density at radius 1 is 0.390 bits per heavy atom. The normalized spacial score (nSPS) is 21.8. The molecule has 418 valence electrons. The van der Waals surface area contributed by atoms with Crippen LogP contribution >= 0.6 is 0 Å². The molecule has 0 aliphatic carbocycles. The molecular weight excluding hydrogens is 1060 g/mol. The first-order chi connectivity index (χ1) is 40.0. The first kappa shape index (κ1) is 57.1. The van der Waals surface area contributed by atoms with Crippen molar-refractivity contribution in [1.29, 1.82) is 0 Å². The van der Waals surface area contributed by atoms with Gasteiger partial charge in [0.05, 0.1) is 45.6 Å². The maximum Gasteiger partial charge on any atom is 0.338 e. The second kappa shape index (κ2) is 27.5. The van der Waals surface area contributed by atoms with Crippen molar-refractivity contribution >= 4 is 41.8 Å². The molecule has 2 saturated heterocycles. The maximum absolute atomic E-state index is 14.6. The Balaban J connectivity index is 1.20. The molecule has 2 heterocycles. The summed E-state index contributed by atoms with van der Waals surface area (Å²) in [5.41, 5.74) is 0.530.